The highest BCUT2D eigenvalue weighted by atomic mass is 16.5. The maximum Gasteiger partial charge on any atom is 0.127 e. The maximum absolute atomic E-state index is 6.31. The van der Waals surface area contributed by atoms with E-state index in [1.807, 2.05) is 42.5 Å². The molecule has 0 unspecified atom stereocenters. The van der Waals surface area contributed by atoms with Crippen molar-refractivity contribution < 1.29 is 14.2 Å². The minimum Gasteiger partial charge on any atom is -0.497 e. The van der Waals surface area contributed by atoms with Crippen LogP contribution in [0.4, 0.5) is 0 Å². The molecule has 0 heterocycles. The van der Waals surface area contributed by atoms with E-state index in [1.54, 1.807) is 21.3 Å². The molecule has 0 aromatic heterocycles. The minimum atomic E-state index is -0.262. The highest BCUT2D eigenvalue weighted by Gasteiger charge is 2.15. The molecule has 1 atom stereocenters. The third kappa shape index (κ3) is 2.86. The Morgan fingerprint density at radius 2 is 1.40 bits per heavy atom. The van der Waals surface area contributed by atoms with Crippen molar-refractivity contribution in [3.8, 4) is 17.2 Å². The van der Waals surface area contributed by atoms with Gasteiger partial charge in [0.15, 0.2) is 0 Å². The topological polar surface area (TPSA) is 53.7 Å². The lowest BCUT2D eigenvalue weighted by atomic mass is 9.98. The first-order valence-corrected chi connectivity index (χ1v) is 6.31. The molecule has 2 N–H and O–H groups in total. The number of nitrogens with two attached hydrogens (primary N) is 1. The van der Waals surface area contributed by atoms with Gasteiger partial charge in [-0.1, -0.05) is 12.1 Å². The van der Waals surface area contributed by atoms with Crippen LogP contribution >= 0.6 is 0 Å². The Labute approximate surface area is 119 Å². The summed E-state index contributed by atoms with van der Waals surface area (Å²) in [5.74, 6) is 2.27. The average molecular weight is 273 g/mol. The van der Waals surface area contributed by atoms with Crippen LogP contribution < -0.4 is 19.9 Å². The van der Waals surface area contributed by atoms with Crippen molar-refractivity contribution in [1.82, 2.24) is 0 Å². The van der Waals surface area contributed by atoms with Gasteiger partial charge in [-0.05, 0) is 29.8 Å². The summed E-state index contributed by atoms with van der Waals surface area (Å²) in [7, 11) is 4.89. The molecule has 0 aliphatic carbocycles. The quantitative estimate of drug-likeness (QED) is 0.910. The van der Waals surface area contributed by atoms with Gasteiger partial charge in [0.05, 0.1) is 27.4 Å². The van der Waals surface area contributed by atoms with Crippen molar-refractivity contribution in [3.05, 3.63) is 53.6 Å². The summed E-state index contributed by atoms with van der Waals surface area (Å²) in [5.41, 5.74) is 8.22. The van der Waals surface area contributed by atoms with E-state index in [4.69, 9.17) is 19.9 Å². The van der Waals surface area contributed by atoms with Gasteiger partial charge in [0, 0.05) is 11.6 Å². The van der Waals surface area contributed by atoms with Crippen LogP contribution in [0.2, 0.25) is 0 Å². The predicted octanol–water partition coefficient (Wildman–Crippen LogP) is 2.76. The fourth-order valence-electron chi connectivity index (χ4n) is 2.07. The smallest absolute Gasteiger partial charge is 0.127 e. The van der Waals surface area contributed by atoms with Gasteiger partial charge in [-0.3, -0.25) is 0 Å². The summed E-state index contributed by atoms with van der Waals surface area (Å²) < 4.78 is 15.7. The highest BCUT2D eigenvalue weighted by molar-refractivity contribution is 5.46. The molecule has 20 heavy (non-hydrogen) atoms. The van der Waals surface area contributed by atoms with Gasteiger partial charge in [-0.25, -0.2) is 0 Å². The number of methoxy groups -OCH3 is 3. The third-order valence-electron chi connectivity index (χ3n) is 3.25. The molecule has 106 valence electrons. The maximum atomic E-state index is 6.31. The first-order chi connectivity index (χ1) is 9.69. The van der Waals surface area contributed by atoms with Crippen LogP contribution in [0.25, 0.3) is 0 Å². The zero-order valence-electron chi connectivity index (χ0n) is 11.9. The van der Waals surface area contributed by atoms with Gasteiger partial charge in [-0.2, -0.15) is 0 Å². The van der Waals surface area contributed by atoms with Crippen molar-refractivity contribution in [3.63, 3.8) is 0 Å². The Bertz CT molecular complexity index is 566. The lowest BCUT2D eigenvalue weighted by molar-refractivity contribution is 0.390. The van der Waals surface area contributed by atoms with E-state index < -0.39 is 0 Å². The monoisotopic (exact) mass is 273 g/mol. The lowest BCUT2D eigenvalue weighted by Gasteiger charge is -2.17. The van der Waals surface area contributed by atoms with Crippen molar-refractivity contribution >= 4 is 0 Å². The molecule has 2 aromatic carbocycles. The SMILES string of the molecule is COc1ccc([C@H](N)c2ccc(OC)cc2OC)cc1. The molecule has 0 aliphatic heterocycles. The van der Waals surface area contributed by atoms with Crippen LogP contribution in [-0.4, -0.2) is 21.3 Å². The normalized spacial score (nSPS) is 11.8. The second-order valence-corrected chi connectivity index (χ2v) is 4.36. The summed E-state index contributed by atoms with van der Waals surface area (Å²) in [6, 6.07) is 13.1. The summed E-state index contributed by atoms with van der Waals surface area (Å²) >= 11 is 0. The van der Waals surface area contributed by atoms with Crippen molar-refractivity contribution in [1.29, 1.82) is 0 Å². The van der Waals surface area contributed by atoms with Crippen LogP contribution in [-0.2, 0) is 0 Å². The van der Waals surface area contributed by atoms with E-state index in [0.29, 0.717) is 5.75 Å². The molecule has 0 saturated heterocycles. The number of benzene rings is 2. The molecule has 0 amide bonds. The van der Waals surface area contributed by atoms with E-state index in [-0.39, 0.29) is 6.04 Å². The second kappa shape index (κ2) is 6.30. The number of ether oxygens (including phenoxy) is 3. The van der Waals surface area contributed by atoms with Gasteiger partial charge in [0.1, 0.15) is 17.2 Å². The average Bonchev–Trinajstić information content (AvgIpc) is 2.53. The largest absolute Gasteiger partial charge is 0.497 e. The lowest BCUT2D eigenvalue weighted by Crippen LogP contribution is -2.13. The molecule has 4 heteroatoms. The molecule has 0 aliphatic rings. The molecule has 0 saturated carbocycles. The van der Waals surface area contributed by atoms with Crippen molar-refractivity contribution in [2.24, 2.45) is 5.73 Å². The zero-order chi connectivity index (χ0) is 14.5. The van der Waals surface area contributed by atoms with Crippen molar-refractivity contribution in [2.45, 2.75) is 6.04 Å². The Balaban J connectivity index is 2.33. The molecule has 0 radical (unpaired) electrons. The Hall–Kier alpha value is -2.20. The van der Waals surface area contributed by atoms with Gasteiger partial charge in [0.25, 0.3) is 0 Å². The third-order valence-corrected chi connectivity index (χ3v) is 3.25. The summed E-state index contributed by atoms with van der Waals surface area (Å²) in [4.78, 5) is 0. The van der Waals surface area contributed by atoms with Gasteiger partial charge in [0.2, 0.25) is 0 Å². The molecule has 2 aromatic rings. The van der Waals surface area contributed by atoms with E-state index in [1.165, 1.54) is 0 Å². The summed E-state index contributed by atoms with van der Waals surface area (Å²) in [5, 5.41) is 0. The first-order valence-electron chi connectivity index (χ1n) is 6.31. The molecule has 0 bridgehead atoms. The Morgan fingerprint density at radius 3 is 1.95 bits per heavy atom. The Morgan fingerprint density at radius 1 is 0.800 bits per heavy atom. The van der Waals surface area contributed by atoms with Crippen LogP contribution in [0.3, 0.4) is 0 Å². The minimum absolute atomic E-state index is 0.262. The number of hydrogen-bond acceptors (Lipinski definition) is 4. The van der Waals surface area contributed by atoms with E-state index >= 15 is 0 Å². The van der Waals surface area contributed by atoms with Gasteiger partial charge < -0.3 is 19.9 Å². The number of rotatable bonds is 5. The zero-order valence-corrected chi connectivity index (χ0v) is 11.9. The fraction of sp³-hybridized carbons (Fsp3) is 0.250. The van der Waals surface area contributed by atoms with Gasteiger partial charge in [-0.15, -0.1) is 0 Å². The predicted molar refractivity (Wildman–Crippen MR) is 78.6 cm³/mol. The summed E-state index contributed by atoms with van der Waals surface area (Å²) in [6.07, 6.45) is 0. The van der Waals surface area contributed by atoms with E-state index in [9.17, 15) is 0 Å². The summed E-state index contributed by atoms with van der Waals surface area (Å²) in [6.45, 7) is 0. The van der Waals surface area contributed by atoms with Gasteiger partial charge >= 0.3 is 0 Å². The molecule has 4 nitrogen and oxygen atoms in total. The number of hydrogen-bond donors (Lipinski definition) is 1. The highest BCUT2D eigenvalue weighted by Crippen LogP contribution is 2.32. The van der Waals surface area contributed by atoms with E-state index in [0.717, 1.165) is 22.6 Å². The molecule has 0 fully saturated rings. The van der Waals surface area contributed by atoms with E-state index in [2.05, 4.69) is 0 Å². The molecule has 0 spiro atoms. The van der Waals surface area contributed by atoms with Crippen LogP contribution in [0.15, 0.2) is 42.5 Å². The van der Waals surface area contributed by atoms with Crippen LogP contribution in [0.1, 0.15) is 17.2 Å². The Kier molecular flexibility index (Phi) is 4.48. The fourth-order valence-corrected chi connectivity index (χ4v) is 2.07. The molecular formula is C16H19NO3. The molecule has 2 rings (SSSR count). The standard InChI is InChI=1S/C16H19NO3/c1-18-12-6-4-11(5-7-12)16(17)14-9-8-13(19-2)10-15(14)20-3/h4-10,16H,17H2,1-3H3/t16-/m0/s1. The van der Waals surface area contributed by atoms with Crippen molar-refractivity contribution in [2.75, 3.05) is 21.3 Å². The second-order valence-electron chi connectivity index (χ2n) is 4.36. The first kappa shape index (κ1) is 14.2. The van der Waals surface area contributed by atoms with Crippen LogP contribution in [0.5, 0.6) is 17.2 Å². The molecular weight excluding hydrogens is 254 g/mol. The van der Waals surface area contributed by atoms with Crippen LogP contribution in [0, 0.1) is 0 Å².